The third kappa shape index (κ3) is 3.68. The Morgan fingerprint density at radius 1 is 1.03 bits per heavy atom. The zero-order valence-corrected chi connectivity index (χ0v) is 17.4. The van der Waals surface area contributed by atoms with Crippen molar-refractivity contribution >= 4 is 11.6 Å². The van der Waals surface area contributed by atoms with Gasteiger partial charge in [0.25, 0.3) is 0 Å². The molecule has 4 aromatic rings. The fraction of sp³-hybridized carbons (Fsp3) is 0.174. The quantitative estimate of drug-likeness (QED) is 0.503. The van der Waals surface area contributed by atoms with Gasteiger partial charge in [0.2, 0.25) is 24.5 Å². The first-order chi connectivity index (χ1) is 15.5. The minimum Gasteiger partial charge on any atom is -0.454 e. The standard InChI is InChI=1S/C23H19FN4O4/c1-13-9-18(23-27-26-22(32-23)15-3-5-16(24)6-4-15)14(2)28(13)11-21(29)25-17-7-8-19-20(10-17)31-12-30-19/h3-10H,11-12H2,1-2H3,(H,25,29). The van der Waals surface area contributed by atoms with Crippen LogP contribution in [0.5, 0.6) is 11.5 Å². The van der Waals surface area contributed by atoms with Gasteiger partial charge in [-0.3, -0.25) is 4.79 Å². The summed E-state index contributed by atoms with van der Waals surface area (Å²) in [6, 6.07) is 13.0. The van der Waals surface area contributed by atoms with Crippen molar-refractivity contribution < 1.29 is 23.1 Å². The molecule has 32 heavy (non-hydrogen) atoms. The smallest absolute Gasteiger partial charge is 0.249 e. The normalized spacial score (nSPS) is 12.2. The van der Waals surface area contributed by atoms with Crippen molar-refractivity contribution in [1.82, 2.24) is 14.8 Å². The van der Waals surface area contributed by atoms with E-state index < -0.39 is 0 Å². The van der Waals surface area contributed by atoms with E-state index in [4.69, 9.17) is 13.9 Å². The van der Waals surface area contributed by atoms with E-state index in [9.17, 15) is 9.18 Å². The van der Waals surface area contributed by atoms with Crippen LogP contribution >= 0.6 is 0 Å². The summed E-state index contributed by atoms with van der Waals surface area (Å²) in [7, 11) is 0. The fourth-order valence-electron chi connectivity index (χ4n) is 3.62. The van der Waals surface area contributed by atoms with Gasteiger partial charge in [-0.1, -0.05) is 0 Å². The maximum Gasteiger partial charge on any atom is 0.249 e. The molecular weight excluding hydrogens is 415 g/mol. The second-order valence-corrected chi connectivity index (χ2v) is 7.41. The summed E-state index contributed by atoms with van der Waals surface area (Å²) in [5, 5.41) is 11.1. The van der Waals surface area contributed by atoms with E-state index >= 15 is 0 Å². The van der Waals surface area contributed by atoms with Crippen LogP contribution in [-0.2, 0) is 11.3 Å². The Hall–Kier alpha value is -4.14. The number of benzene rings is 2. The Balaban J connectivity index is 1.34. The lowest BCUT2D eigenvalue weighted by Gasteiger charge is -2.10. The molecule has 3 heterocycles. The Labute approximate surface area is 182 Å². The Morgan fingerprint density at radius 3 is 2.59 bits per heavy atom. The molecule has 0 fully saturated rings. The van der Waals surface area contributed by atoms with E-state index in [-0.39, 0.29) is 25.1 Å². The largest absolute Gasteiger partial charge is 0.454 e. The van der Waals surface area contributed by atoms with Gasteiger partial charge in [0.1, 0.15) is 12.4 Å². The summed E-state index contributed by atoms with van der Waals surface area (Å²) in [4.78, 5) is 12.7. The van der Waals surface area contributed by atoms with Crippen molar-refractivity contribution in [2.24, 2.45) is 0 Å². The number of hydrogen-bond acceptors (Lipinski definition) is 6. The molecule has 2 aromatic carbocycles. The molecule has 0 saturated carbocycles. The van der Waals surface area contributed by atoms with E-state index in [2.05, 4.69) is 15.5 Å². The lowest BCUT2D eigenvalue weighted by molar-refractivity contribution is -0.116. The predicted molar refractivity (Wildman–Crippen MR) is 114 cm³/mol. The van der Waals surface area contributed by atoms with E-state index in [1.54, 1.807) is 30.3 Å². The molecule has 0 bridgehead atoms. The summed E-state index contributed by atoms with van der Waals surface area (Å²) >= 11 is 0. The van der Waals surface area contributed by atoms with Gasteiger partial charge in [0.15, 0.2) is 11.5 Å². The second kappa shape index (κ2) is 7.84. The number of halogens is 1. The first kappa shape index (κ1) is 19.8. The number of ether oxygens (including phenoxy) is 2. The molecule has 0 unspecified atom stereocenters. The highest BCUT2D eigenvalue weighted by atomic mass is 19.1. The van der Waals surface area contributed by atoms with Crippen LogP contribution in [-0.4, -0.2) is 27.5 Å². The summed E-state index contributed by atoms with van der Waals surface area (Å²) < 4.78 is 31.5. The third-order valence-electron chi connectivity index (χ3n) is 5.28. The molecule has 1 amide bonds. The average Bonchev–Trinajstić information content (AvgIpc) is 3.50. The van der Waals surface area contributed by atoms with Gasteiger partial charge >= 0.3 is 0 Å². The zero-order chi connectivity index (χ0) is 22.2. The van der Waals surface area contributed by atoms with Crippen LogP contribution in [0, 0.1) is 19.7 Å². The maximum absolute atomic E-state index is 13.2. The number of fused-ring (bicyclic) bond motifs is 1. The summed E-state index contributed by atoms with van der Waals surface area (Å²) in [5.74, 6) is 1.37. The molecule has 1 aliphatic rings. The summed E-state index contributed by atoms with van der Waals surface area (Å²) in [6.07, 6.45) is 0. The van der Waals surface area contributed by atoms with Crippen LogP contribution in [0.2, 0.25) is 0 Å². The first-order valence-electron chi connectivity index (χ1n) is 9.94. The molecule has 9 heteroatoms. The molecule has 1 N–H and O–H groups in total. The third-order valence-corrected chi connectivity index (χ3v) is 5.28. The molecule has 0 radical (unpaired) electrons. The molecule has 162 valence electrons. The van der Waals surface area contributed by atoms with E-state index in [1.807, 2.05) is 24.5 Å². The summed E-state index contributed by atoms with van der Waals surface area (Å²) in [5.41, 5.74) is 3.68. The number of carbonyl (C=O) groups is 1. The molecule has 0 saturated heterocycles. The number of amides is 1. The predicted octanol–water partition coefficient (Wildman–Crippen LogP) is 4.33. The molecule has 5 rings (SSSR count). The molecular formula is C23H19FN4O4. The Morgan fingerprint density at radius 2 is 1.78 bits per heavy atom. The molecule has 0 atom stereocenters. The Kier molecular flexibility index (Phi) is 4.85. The number of carbonyl (C=O) groups excluding carboxylic acids is 1. The van der Waals surface area contributed by atoms with E-state index in [0.29, 0.717) is 34.5 Å². The number of nitrogens with one attached hydrogen (secondary N) is 1. The number of aryl methyl sites for hydroxylation is 1. The van der Waals surface area contributed by atoms with Crippen LogP contribution in [0.25, 0.3) is 22.9 Å². The van der Waals surface area contributed by atoms with Crippen molar-refractivity contribution in [3.05, 3.63) is 65.7 Å². The highest BCUT2D eigenvalue weighted by Gasteiger charge is 2.19. The molecule has 0 aliphatic carbocycles. The van der Waals surface area contributed by atoms with Gasteiger partial charge in [0.05, 0.1) is 5.56 Å². The van der Waals surface area contributed by atoms with Gasteiger partial charge in [0, 0.05) is 28.7 Å². The number of hydrogen-bond donors (Lipinski definition) is 1. The molecule has 0 spiro atoms. The van der Waals surface area contributed by atoms with Crippen molar-refractivity contribution in [1.29, 1.82) is 0 Å². The number of nitrogens with zero attached hydrogens (tertiary/aromatic N) is 3. The van der Waals surface area contributed by atoms with Crippen LogP contribution < -0.4 is 14.8 Å². The number of anilines is 1. The lowest BCUT2D eigenvalue weighted by Crippen LogP contribution is -2.20. The highest BCUT2D eigenvalue weighted by molar-refractivity contribution is 5.91. The van der Waals surface area contributed by atoms with E-state index in [1.165, 1.54) is 12.1 Å². The van der Waals surface area contributed by atoms with E-state index in [0.717, 1.165) is 17.0 Å². The van der Waals surface area contributed by atoms with Gasteiger partial charge in [-0.25, -0.2) is 4.39 Å². The van der Waals surface area contributed by atoms with Crippen LogP contribution in [0.3, 0.4) is 0 Å². The van der Waals surface area contributed by atoms with Crippen LogP contribution in [0.15, 0.2) is 52.9 Å². The van der Waals surface area contributed by atoms with Crippen LogP contribution in [0.1, 0.15) is 11.4 Å². The fourth-order valence-corrected chi connectivity index (χ4v) is 3.62. The lowest BCUT2D eigenvalue weighted by atomic mass is 10.2. The summed E-state index contributed by atoms with van der Waals surface area (Å²) in [6.45, 7) is 4.08. The van der Waals surface area contributed by atoms with Gasteiger partial charge in [-0.15, -0.1) is 10.2 Å². The second-order valence-electron chi connectivity index (χ2n) is 7.41. The SMILES string of the molecule is Cc1cc(-c2nnc(-c3ccc(F)cc3)o2)c(C)n1CC(=O)Nc1ccc2c(c1)OCO2. The van der Waals surface area contributed by atoms with Crippen LogP contribution in [0.4, 0.5) is 10.1 Å². The number of rotatable bonds is 5. The first-order valence-corrected chi connectivity index (χ1v) is 9.94. The van der Waals surface area contributed by atoms with Crippen molar-refractivity contribution in [3.63, 3.8) is 0 Å². The minimum absolute atomic E-state index is 0.116. The van der Waals surface area contributed by atoms with Gasteiger partial charge in [-0.05, 0) is 56.3 Å². The van der Waals surface area contributed by atoms with Crippen molar-refractivity contribution in [2.75, 3.05) is 12.1 Å². The van der Waals surface area contributed by atoms with Crippen molar-refractivity contribution in [3.8, 4) is 34.4 Å². The monoisotopic (exact) mass is 434 g/mol. The minimum atomic E-state index is -0.337. The topological polar surface area (TPSA) is 91.4 Å². The molecule has 1 aliphatic heterocycles. The maximum atomic E-state index is 13.2. The Bertz CT molecular complexity index is 1310. The average molecular weight is 434 g/mol. The van der Waals surface area contributed by atoms with Gasteiger partial charge in [-0.2, -0.15) is 0 Å². The molecule has 2 aromatic heterocycles. The van der Waals surface area contributed by atoms with Crippen molar-refractivity contribution in [2.45, 2.75) is 20.4 Å². The van der Waals surface area contributed by atoms with Gasteiger partial charge < -0.3 is 23.8 Å². The molecule has 8 nitrogen and oxygen atoms in total. The number of aromatic nitrogens is 3. The highest BCUT2D eigenvalue weighted by Crippen LogP contribution is 2.34. The zero-order valence-electron chi connectivity index (χ0n) is 17.4.